The van der Waals surface area contributed by atoms with Gasteiger partial charge in [0.25, 0.3) is 0 Å². The zero-order valence-corrected chi connectivity index (χ0v) is 12.6. The van der Waals surface area contributed by atoms with Gasteiger partial charge in [-0.1, -0.05) is 0 Å². The van der Waals surface area contributed by atoms with E-state index < -0.39 is 4.92 Å². The number of nitro groups is 1. The maximum Gasteiger partial charge on any atom is 0.311 e. The Labute approximate surface area is 122 Å². The highest BCUT2D eigenvalue weighted by molar-refractivity contribution is 8.00. The summed E-state index contributed by atoms with van der Waals surface area (Å²) < 4.78 is 0.143. The Balaban J connectivity index is 2.14. The molecule has 0 bridgehead atoms. The van der Waals surface area contributed by atoms with E-state index in [1.807, 2.05) is 18.7 Å². The normalized spacial score (nSPS) is 21.7. The lowest BCUT2D eigenvalue weighted by atomic mass is 10.1. The molecule has 2 rings (SSSR count). The molecule has 1 fully saturated rings. The van der Waals surface area contributed by atoms with Gasteiger partial charge >= 0.3 is 5.69 Å². The number of hydrogen-bond donors (Lipinski definition) is 2. The topological polar surface area (TPSA) is 80.1 Å². The van der Waals surface area contributed by atoms with Crippen molar-refractivity contribution in [1.29, 1.82) is 0 Å². The van der Waals surface area contributed by atoms with Gasteiger partial charge in [-0.25, -0.2) is 4.98 Å². The van der Waals surface area contributed by atoms with Crippen molar-refractivity contribution in [1.82, 2.24) is 4.98 Å². The van der Waals surface area contributed by atoms with E-state index in [0.717, 1.165) is 18.7 Å². The minimum absolute atomic E-state index is 0.0262. The fourth-order valence-corrected chi connectivity index (χ4v) is 3.50. The quantitative estimate of drug-likeness (QED) is 0.620. The zero-order valence-electron chi connectivity index (χ0n) is 11.8. The fourth-order valence-electron chi connectivity index (χ4n) is 2.26. The molecule has 0 aliphatic carbocycles. The third-order valence-corrected chi connectivity index (χ3v) is 4.90. The van der Waals surface area contributed by atoms with Gasteiger partial charge in [0, 0.05) is 23.9 Å². The van der Waals surface area contributed by atoms with Crippen LogP contribution in [-0.2, 0) is 0 Å². The molecule has 7 heteroatoms. The van der Waals surface area contributed by atoms with E-state index in [-0.39, 0.29) is 10.4 Å². The molecular formula is C13H20N4O2S. The van der Waals surface area contributed by atoms with Crippen molar-refractivity contribution in [3.63, 3.8) is 0 Å². The Morgan fingerprint density at radius 1 is 1.50 bits per heavy atom. The maximum atomic E-state index is 11.1. The van der Waals surface area contributed by atoms with Crippen LogP contribution in [-0.4, -0.2) is 33.5 Å². The maximum absolute atomic E-state index is 11.1. The van der Waals surface area contributed by atoms with Crippen LogP contribution in [0, 0.1) is 10.1 Å². The second kappa shape index (κ2) is 6.30. The van der Waals surface area contributed by atoms with Crippen LogP contribution in [0.25, 0.3) is 0 Å². The van der Waals surface area contributed by atoms with Crippen molar-refractivity contribution in [3.8, 4) is 0 Å². The summed E-state index contributed by atoms with van der Waals surface area (Å²) >= 11 is 1.92. The monoisotopic (exact) mass is 296 g/mol. The first-order valence-corrected chi connectivity index (χ1v) is 7.80. The van der Waals surface area contributed by atoms with Gasteiger partial charge in [-0.05, 0) is 38.5 Å². The third-order valence-electron chi connectivity index (χ3n) is 3.36. The second-order valence-corrected chi connectivity index (χ2v) is 6.79. The SMILES string of the molecule is CCNc1ccc([N+](=O)[O-])c(NCC2(C)CCCS2)n1. The predicted octanol–water partition coefficient (Wildman–Crippen LogP) is 3.12. The minimum atomic E-state index is -0.394. The molecule has 6 nitrogen and oxygen atoms in total. The fraction of sp³-hybridized carbons (Fsp3) is 0.615. The van der Waals surface area contributed by atoms with Crippen molar-refractivity contribution < 1.29 is 4.92 Å². The van der Waals surface area contributed by atoms with Crippen molar-refractivity contribution in [2.45, 2.75) is 31.4 Å². The van der Waals surface area contributed by atoms with Crippen LogP contribution >= 0.6 is 11.8 Å². The predicted molar refractivity (Wildman–Crippen MR) is 83.6 cm³/mol. The molecule has 0 radical (unpaired) electrons. The van der Waals surface area contributed by atoms with Crippen LogP contribution in [0.1, 0.15) is 26.7 Å². The van der Waals surface area contributed by atoms with Gasteiger partial charge in [0.15, 0.2) is 0 Å². The Bertz CT molecular complexity index is 489. The first kappa shape index (κ1) is 14.9. The molecule has 1 aromatic rings. The van der Waals surface area contributed by atoms with Crippen LogP contribution in [0.3, 0.4) is 0 Å². The minimum Gasteiger partial charge on any atom is -0.370 e. The zero-order chi connectivity index (χ0) is 14.6. The number of nitrogens with zero attached hydrogens (tertiary/aromatic N) is 2. The Kier molecular flexibility index (Phi) is 4.69. The van der Waals surface area contributed by atoms with E-state index in [0.29, 0.717) is 18.2 Å². The molecule has 1 aliphatic rings. The summed E-state index contributed by atoms with van der Waals surface area (Å²) in [5.74, 6) is 2.16. The molecule has 1 aliphatic heterocycles. The van der Waals surface area contributed by atoms with E-state index in [9.17, 15) is 10.1 Å². The molecule has 1 aromatic heterocycles. The number of anilines is 2. The molecular weight excluding hydrogens is 276 g/mol. The number of pyridine rings is 1. The van der Waals surface area contributed by atoms with Crippen molar-refractivity contribution >= 4 is 29.1 Å². The average molecular weight is 296 g/mol. The summed E-state index contributed by atoms with van der Waals surface area (Å²) in [6.07, 6.45) is 2.33. The van der Waals surface area contributed by atoms with Gasteiger partial charge in [-0.15, -0.1) is 0 Å². The standard InChI is InChI=1S/C13H20N4O2S/c1-3-14-11-6-5-10(17(18)19)12(16-11)15-9-13(2)7-4-8-20-13/h5-6H,3-4,7-9H2,1-2H3,(H2,14,15,16). The molecule has 1 atom stereocenters. The van der Waals surface area contributed by atoms with Crippen LogP contribution in [0.2, 0.25) is 0 Å². The van der Waals surface area contributed by atoms with Gasteiger partial charge in [0.1, 0.15) is 5.82 Å². The van der Waals surface area contributed by atoms with E-state index in [1.54, 1.807) is 6.07 Å². The summed E-state index contributed by atoms with van der Waals surface area (Å²) in [5, 5.41) is 17.3. The molecule has 1 unspecified atom stereocenters. The van der Waals surface area contributed by atoms with Crippen LogP contribution in [0.5, 0.6) is 0 Å². The summed E-state index contributed by atoms with van der Waals surface area (Å²) in [7, 11) is 0. The molecule has 2 N–H and O–H groups in total. The summed E-state index contributed by atoms with van der Waals surface area (Å²) in [5.41, 5.74) is 0.0262. The number of rotatable bonds is 6. The molecule has 0 aromatic carbocycles. The number of hydrogen-bond acceptors (Lipinski definition) is 6. The van der Waals surface area contributed by atoms with Gasteiger partial charge in [0.2, 0.25) is 5.82 Å². The first-order chi connectivity index (χ1) is 9.54. The molecule has 0 saturated carbocycles. The third kappa shape index (κ3) is 3.53. The summed E-state index contributed by atoms with van der Waals surface area (Å²) in [6, 6.07) is 3.14. The van der Waals surface area contributed by atoms with Crippen molar-refractivity contribution in [3.05, 3.63) is 22.2 Å². The largest absolute Gasteiger partial charge is 0.370 e. The smallest absolute Gasteiger partial charge is 0.311 e. The van der Waals surface area contributed by atoms with Crippen LogP contribution in [0.15, 0.2) is 12.1 Å². The van der Waals surface area contributed by atoms with E-state index in [4.69, 9.17) is 0 Å². The number of aromatic nitrogens is 1. The molecule has 0 amide bonds. The number of nitrogens with one attached hydrogen (secondary N) is 2. The van der Waals surface area contributed by atoms with Gasteiger partial charge in [-0.3, -0.25) is 10.1 Å². The first-order valence-electron chi connectivity index (χ1n) is 6.81. The summed E-state index contributed by atoms with van der Waals surface area (Å²) in [4.78, 5) is 15.0. The highest BCUT2D eigenvalue weighted by atomic mass is 32.2. The highest BCUT2D eigenvalue weighted by Crippen LogP contribution is 2.38. The Morgan fingerprint density at radius 3 is 2.90 bits per heavy atom. The van der Waals surface area contributed by atoms with Crippen LogP contribution < -0.4 is 10.6 Å². The average Bonchev–Trinajstić information content (AvgIpc) is 2.84. The molecule has 1 saturated heterocycles. The van der Waals surface area contributed by atoms with Gasteiger partial charge in [0.05, 0.1) is 4.92 Å². The molecule has 20 heavy (non-hydrogen) atoms. The lowest BCUT2D eigenvalue weighted by molar-refractivity contribution is -0.384. The second-order valence-electron chi connectivity index (χ2n) is 5.11. The molecule has 0 spiro atoms. The lowest BCUT2D eigenvalue weighted by Crippen LogP contribution is -2.27. The van der Waals surface area contributed by atoms with Gasteiger partial charge < -0.3 is 10.6 Å². The van der Waals surface area contributed by atoms with E-state index in [1.165, 1.54) is 12.5 Å². The highest BCUT2D eigenvalue weighted by Gasteiger charge is 2.30. The van der Waals surface area contributed by atoms with Crippen molar-refractivity contribution in [2.75, 3.05) is 29.5 Å². The number of thioether (sulfide) groups is 1. The molecule has 110 valence electrons. The molecule has 2 heterocycles. The lowest BCUT2D eigenvalue weighted by Gasteiger charge is -2.23. The Morgan fingerprint density at radius 2 is 2.30 bits per heavy atom. The summed E-state index contributed by atoms with van der Waals surface area (Å²) in [6.45, 7) is 5.59. The van der Waals surface area contributed by atoms with Crippen molar-refractivity contribution in [2.24, 2.45) is 0 Å². The Hall–Kier alpha value is -1.50. The van der Waals surface area contributed by atoms with Gasteiger partial charge in [-0.2, -0.15) is 11.8 Å². The van der Waals surface area contributed by atoms with E-state index >= 15 is 0 Å². The van der Waals surface area contributed by atoms with E-state index in [2.05, 4.69) is 22.5 Å². The van der Waals surface area contributed by atoms with Crippen LogP contribution in [0.4, 0.5) is 17.3 Å².